The molecule has 0 spiro atoms. The highest BCUT2D eigenvalue weighted by molar-refractivity contribution is 4.91. The maximum Gasteiger partial charge on any atom is 0.0235 e. The van der Waals surface area contributed by atoms with Gasteiger partial charge < -0.3 is 10.2 Å². The first kappa shape index (κ1) is 11.4. The van der Waals surface area contributed by atoms with Crippen LogP contribution in [0.4, 0.5) is 0 Å². The summed E-state index contributed by atoms with van der Waals surface area (Å²) in [5, 5.41) is 3.67. The second kappa shape index (κ2) is 5.31. The number of hydrogen-bond donors (Lipinski definition) is 1. The topological polar surface area (TPSA) is 15.3 Å². The molecule has 2 atom stereocenters. The SMILES string of the molecule is CC(C)CCCN1CC2CCCNC2C1. The van der Waals surface area contributed by atoms with Crippen LogP contribution in [-0.2, 0) is 0 Å². The molecule has 2 fully saturated rings. The fourth-order valence-electron chi connectivity index (χ4n) is 3.04. The Labute approximate surface area is 94.4 Å². The van der Waals surface area contributed by atoms with E-state index in [0.29, 0.717) is 0 Å². The molecule has 2 unspecified atom stereocenters. The molecule has 0 aromatic heterocycles. The summed E-state index contributed by atoms with van der Waals surface area (Å²) in [6.07, 6.45) is 5.62. The van der Waals surface area contributed by atoms with Gasteiger partial charge in [0, 0.05) is 19.1 Å². The van der Waals surface area contributed by atoms with Crippen LogP contribution in [0.5, 0.6) is 0 Å². The van der Waals surface area contributed by atoms with Crippen LogP contribution in [0.15, 0.2) is 0 Å². The largest absolute Gasteiger partial charge is 0.312 e. The molecular formula is C13H26N2. The van der Waals surface area contributed by atoms with Crippen molar-refractivity contribution >= 4 is 0 Å². The molecule has 15 heavy (non-hydrogen) atoms. The molecule has 0 saturated carbocycles. The van der Waals surface area contributed by atoms with Gasteiger partial charge in [-0.2, -0.15) is 0 Å². The standard InChI is InChI=1S/C13H26N2/c1-11(2)5-4-8-15-9-12-6-3-7-14-13(12)10-15/h11-14H,3-10H2,1-2H3. The molecule has 0 aliphatic carbocycles. The molecule has 0 aromatic rings. The van der Waals surface area contributed by atoms with Gasteiger partial charge in [0.2, 0.25) is 0 Å². The number of fused-ring (bicyclic) bond motifs is 1. The summed E-state index contributed by atoms with van der Waals surface area (Å²) in [5.74, 6) is 1.82. The molecule has 0 aromatic carbocycles. The van der Waals surface area contributed by atoms with E-state index in [0.717, 1.165) is 17.9 Å². The molecule has 0 amide bonds. The first-order chi connectivity index (χ1) is 7.25. The minimum absolute atomic E-state index is 0.817. The van der Waals surface area contributed by atoms with Crippen LogP contribution in [0.2, 0.25) is 0 Å². The van der Waals surface area contributed by atoms with Gasteiger partial charge in [0.1, 0.15) is 0 Å². The predicted molar refractivity (Wildman–Crippen MR) is 65.0 cm³/mol. The minimum atomic E-state index is 0.817. The van der Waals surface area contributed by atoms with Gasteiger partial charge >= 0.3 is 0 Å². The van der Waals surface area contributed by atoms with Gasteiger partial charge in [-0.15, -0.1) is 0 Å². The Hall–Kier alpha value is -0.0800. The van der Waals surface area contributed by atoms with E-state index in [1.807, 2.05) is 0 Å². The lowest BCUT2D eigenvalue weighted by Gasteiger charge is -2.24. The Morgan fingerprint density at radius 1 is 1.33 bits per heavy atom. The van der Waals surface area contributed by atoms with Crippen molar-refractivity contribution < 1.29 is 0 Å². The highest BCUT2D eigenvalue weighted by atomic mass is 15.2. The first-order valence-electron chi connectivity index (χ1n) is 6.71. The van der Waals surface area contributed by atoms with Gasteiger partial charge in [-0.3, -0.25) is 0 Å². The van der Waals surface area contributed by atoms with Crippen LogP contribution in [0.3, 0.4) is 0 Å². The average Bonchev–Trinajstić information content (AvgIpc) is 2.59. The second-order valence-corrected chi connectivity index (χ2v) is 5.76. The summed E-state index contributed by atoms with van der Waals surface area (Å²) in [6, 6.07) is 0.817. The molecule has 2 heterocycles. The van der Waals surface area contributed by atoms with Crippen LogP contribution in [0.25, 0.3) is 0 Å². The Morgan fingerprint density at radius 3 is 2.93 bits per heavy atom. The lowest BCUT2D eigenvalue weighted by atomic mass is 9.94. The molecule has 2 rings (SSSR count). The monoisotopic (exact) mass is 210 g/mol. The van der Waals surface area contributed by atoms with Crippen molar-refractivity contribution in [1.82, 2.24) is 10.2 Å². The quantitative estimate of drug-likeness (QED) is 0.764. The normalized spacial score (nSPS) is 32.2. The number of hydrogen-bond acceptors (Lipinski definition) is 2. The molecule has 88 valence electrons. The summed E-state index contributed by atoms with van der Waals surface area (Å²) in [6.45, 7) is 9.89. The average molecular weight is 210 g/mol. The molecular weight excluding hydrogens is 184 g/mol. The fourth-order valence-corrected chi connectivity index (χ4v) is 3.04. The number of piperidine rings is 1. The molecule has 0 bridgehead atoms. The maximum atomic E-state index is 3.67. The van der Waals surface area contributed by atoms with Crippen LogP contribution >= 0.6 is 0 Å². The lowest BCUT2D eigenvalue weighted by molar-refractivity contribution is 0.306. The van der Waals surface area contributed by atoms with Crippen molar-refractivity contribution in [3.05, 3.63) is 0 Å². The zero-order valence-electron chi connectivity index (χ0n) is 10.3. The number of rotatable bonds is 4. The summed E-state index contributed by atoms with van der Waals surface area (Å²) >= 11 is 0. The van der Waals surface area contributed by atoms with Crippen LogP contribution in [0.1, 0.15) is 39.5 Å². The Kier molecular flexibility index (Phi) is 4.04. The van der Waals surface area contributed by atoms with E-state index in [-0.39, 0.29) is 0 Å². The third-order valence-corrected chi connectivity index (χ3v) is 3.93. The minimum Gasteiger partial charge on any atom is -0.312 e. The van der Waals surface area contributed by atoms with E-state index in [9.17, 15) is 0 Å². The highest BCUT2D eigenvalue weighted by Gasteiger charge is 2.33. The zero-order valence-corrected chi connectivity index (χ0v) is 10.3. The van der Waals surface area contributed by atoms with Gasteiger partial charge in [-0.25, -0.2) is 0 Å². The van der Waals surface area contributed by atoms with E-state index in [1.165, 1.54) is 51.9 Å². The van der Waals surface area contributed by atoms with Crippen molar-refractivity contribution in [2.24, 2.45) is 11.8 Å². The van der Waals surface area contributed by atoms with Gasteiger partial charge in [0.05, 0.1) is 0 Å². The Balaban J connectivity index is 1.67. The number of nitrogens with one attached hydrogen (secondary N) is 1. The van der Waals surface area contributed by atoms with Crippen LogP contribution < -0.4 is 5.32 Å². The van der Waals surface area contributed by atoms with E-state index in [2.05, 4.69) is 24.1 Å². The van der Waals surface area contributed by atoms with Crippen LogP contribution in [0, 0.1) is 11.8 Å². The highest BCUT2D eigenvalue weighted by Crippen LogP contribution is 2.25. The van der Waals surface area contributed by atoms with Crippen molar-refractivity contribution in [3.63, 3.8) is 0 Å². The van der Waals surface area contributed by atoms with Crippen LogP contribution in [-0.4, -0.2) is 37.1 Å². The van der Waals surface area contributed by atoms with Gasteiger partial charge in [0.15, 0.2) is 0 Å². The Bertz CT molecular complexity index is 177. The van der Waals surface area contributed by atoms with Gasteiger partial charge in [-0.1, -0.05) is 13.8 Å². The van der Waals surface area contributed by atoms with Crippen molar-refractivity contribution in [1.29, 1.82) is 0 Å². The third-order valence-electron chi connectivity index (χ3n) is 3.93. The molecule has 2 saturated heterocycles. The predicted octanol–water partition coefficient (Wildman–Crippen LogP) is 2.11. The van der Waals surface area contributed by atoms with E-state index >= 15 is 0 Å². The summed E-state index contributed by atoms with van der Waals surface area (Å²) in [7, 11) is 0. The first-order valence-corrected chi connectivity index (χ1v) is 6.71. The number of nitrogens with zero attached hydrogens (tertiary/aromatic N) is 1. The van der Waals surface area contributed by atoms with E-state index in [1.54, 1.807) is 0 Å². The fraction of sp³-hybridized carbons (Fsp3) is 1.00. The molecule has 2 heteroatoms. The lowest BCUT2D eigenvalue weighted by Crippen LogP contribution is -2.40. The van der Waals surface area contributed by atoms with E-state index < -0.39 is 0 Å². The van der Waals surface area contributed by atoms with Gasteiger partial charge in [0.25, 0.3) is 0 Å². The summed E-state index contributed by atoms with van der Waals surface area (Å²) in [4.78, 5) is 2.68. The van der Waals surface area contributed by atoms with Crippen molar-refractivity contribution in [3.8, 4) is 0 Å². The molecule has 2 nitrogen and oxygen atoms in total. The molecule has 2 aliphatic rings. The van der Waals surface area contributed by atoms with E-state index in [4.69, 9.17) is 0 Å². The van der Waals surface area contributed by atoms with Crippen molar-refractivity contribution in [2.75, 3.05) is 26.2 Å². The molecule has 0 radical (unpaired) electrons. The summed E-state index contributed by atoms with van der Waals surface area (Å²) < 4.78 is 0. The smallest absolute Gasteiger partial charge is 0.0235 e. The second-order valence-electron chi connectivity index (χ2n) is 5.76. The Morgan fingerprint density at radius 2 is 2.20 bits per heavy atom. The number of likely N-dealkylation sites (tertiary alicyclic amines) is 1. The van der Waals surface area contributed by atoms with Gasteiger partial charge in [-0.05, 0) is 50.6 Å². The zero-order chi connectivity index (χ0) is 10.7. The third kappa shape index (κ3) is 3.18. The van der Waals surface area contributed by atoms with Crippen molar-refractivity contribution in [2.45, 2.75) is 45.6 Å². The maximum absolute atomic E-state index is 3.67. The summed E-state index contributed by atoms with van der Waals surface area (Å²) in [5.41, 5.74) is 0. The molecule has 1 N–H and O–H groups in total. The molecule has 2 aliphatic heterocycles.